The summed E-state index contributed by atoms with van der Waals surface area (Å²) in [5.41, 5.74) is 3.06. The number of benzene rings is 1. The van der Waals surface area contributed by atoms with Crippen molar-refractivity contribution in [3.8, 4) is 11.3 Å². The number of carbonyl (C=O) groups is 2. The summed E-state index contributed by atoms with van der Waals surface area (Å²) in [4.78, 5) is 30.5. The van der Waals surface area contributed by atoms with Crippen LogP contribution < -0.4 is 0 Å². The summed E-state index contributed by atoms with van der Waals surface area (Å²) in [5, 5.41) is 0.675. The van der Waals surface area contributed by atoms with E-state index in [1.807, 2.05) is 31.2 Å². The van der Waals surface area contributed by atoms with Crippen molar-refractivity contribution in [1.82, 2.24) is 0 Å². The Hall–Kier alpha value is -3.19. The number of furan rings is 1. The second kappa shape index (κ2) is 11.3. The van der Waals surface area contributed by atoms with Crippen molar-refractivity contribution in [2.24, 2.45) is 4.99 Å². The van der Waals surface area contributed by atoms with Gasteiger partial charge in [-0.1, -0.05) is 25.5 Å². The summed E-state index contributed by atoms with van der Waals surface area (Å²) in [7, 11) is 0. The third-order valence-corrected chi connectivity index (χ3v) is 6.90. The Balaban J connectivity index is 1.49. The van der Waals surface area contributed by atoms with E-state index >= 15 is 0 Å². The monoisotopic (exact) mass is 479 g/mol. The summed E-state index contributed by atoms with van der Waals surface area (Å²) in [5.74, 6) is 0.633. The quantitative estimate of drug-likeness (QED) is 0.192. The lowest BCUT2D eigenvalue weighted by Gasteiger charge is -2.11. The molecule has 0 aliphatic heterocycles. The molecule has 0 unspecified atom stereocenters. The molecule has 0 radical (unpaired) electrons. The van der Waals surface area contributed by atoms with Gasteiger partial charge in [0.05, 0.1) is 30.6 Å². The van der Waals surface area contributed by atoms with Crippen LogP contribution in [0.5, 0.6) is 0 Å². The highest BCUT2D eigenvalue weighted by Gasteiger charge is 2.26. The first kappa shape index (κ1) is 24.0. The van der Waals surface area contributed by atoms with Crippen LogP contribution in [0.15, 0.2) is 45.8 Å². The number of aryl methyl sites for hydroxylation is 1. The Morgan fingerprint density at radius 1 is 1.03 bits per heavy atom. The molecule has 0 N–H and O–H groups in total. The zero-order valence-electron chi connectivity index (χ0n) is 19.6. The van der Waals surface area contributed by atoms with E-state index in [1.54, 1.807) is 29.7 Å². The van der Waals surface area contributed by atoms with Gasteiger partial charge in [0.15, 0.2) is 0 Å². The topological polar surface area (TPSA) is 78.1 Å². The predicted molar refractivity (Wildman–Crippen MR) is 134 cm³/mol. The fourth-order valence-electron chi connectivity index (χ4n) is 3.92. The van der Waals surface area contributed by atoms with E-state index in [-0.39, 0.29) is 11.9 Å². The van der Waals surface area contributed by atoms with Gasteiger partial charge in [0.25, 0.3) is 0 Å². The molecule has 0 atom stereocenters. The molecule has 178 valence electrons. The lowest BCUT2D eigenvalue weighted by Crippen LogP contribution is -2.09. The lowest BCUT2D eigenvalue weighted by molar-refractivity contribution is 0.0496. The fraction of sp³-hybridized carbons (Fsp3) is 0.370. The van der Waals surface area contributed by atoms with E-state index in [9.17, 15) is 9.59 Å². The molecule has 6 nitrogen and oxygen atoms in total. The van der Waals surface area contributed by atoms with Crippen LogP contribution in [0.1, 0.15) is 76.4 Å². The number of aliphatic imine (C=N–C) groups is 1. The zero-order chi connectivity index (χ0) is 23.9. The highest BCUT2D eigenvalue weighted by Crippen LogP contribution is 2.40. The number of carbonyl (C=O) groups excluding carboxylic acids is 2. The Labute approximate surface area is 203 Å². The summed E-state index contributed by atoms with van der Waals surface area (Å²) >= 11 is 1.57. The SMILES string of the molecule is CCCCOC(=O)c1ccc(-c2ccc(C=Nc3sc4c(c3C(=O)OCC)CCCC4)o2)cc1. The average molecular weight is 480 g/mol. The van der Waals surface area contributed by atoms with E-state index in [0.717, 1.165) is 49.7 Å². The van der Waals surface area contributed by atoms with Crippen molar-refractivity contribution in [2.45, 2.75) is 52.4 Å². The van der Waals surface area contributed by atoms with Crippen molar-refractivity contribution >= 4 is 34.5 Å². The summed E-state index contributed by atoms with van der Waals surface area (Å²) in [6.45, 7) is 4.64. The summed E-state index contributed by atoms with van der Waals surface area (Å²) in [6.07, 6.45) is 7.57. The van der Waals surface area contributed by atoms with Crippen molar-refractivity contribution < 1.29 is 23.5 Å². The minimum atomic E-state index is -0.316. The first-order chi connectivity index (χ1) is 16.6. The van der Waals surface area contributed by atoms with Crippen molar-refractivity contribution in [3.05, 3.63) is 63.7 Å². The number of fused-ring (bicyclic) bond motifs is 1. The van der Waals surface area contributed by atoms with Gasteiger partial charge in [-0.05, 0) is 68.9 Å². The van der Waals surface area contributed by atoms with E-state index in [0.29, 0.717) is 40.9 Å². The maximum absolute atomic E-state index is 12.6. The van der Waals surface area contributed by atoms with Gasteiger partial charge in [0.2, 0.25) is 0 Å². The first-order valence-electron chi connectivity index (χ1n) is 11.8. The molecule has 2 aromatic heterocycles. The van der Waals surface area contributed by atoms with Gasteiger partial charge in [-0.3, -0.25) is 0 Å². The predicted octanol–water partition coefficient (Wildman–Crippen LogP) is 6.77. The number of ether oxygens (including phenoxy) is 2. The smallest absolute Gasteiger partial charge is 0.341 e. The largest absolute Gasteiger partial charge is 0.462 e. The van der Waals surface area contributed by atoms with Crippen LogP contribution in [-0.4, -0.2) is 31.4 Å². The van der Waals surface area contributed by atoms with Crippen LogP contribution in [-0.2, 0) is 22.3 Å². The number of esters is 2. The molecule has 34 heavy (non-hydrogen) atoms. The number of hydrogen-bond acceptors (Lipinski definition) is 7. The highest BCUT2D eigenvalue weighted by atomic mass is 32.1. The minimum absolute atomic E-state index is 0.303. The third kappa shape index (κ3) is 5.47. The maximum atomic E-state index is 12.6. The molecule has 1 aliphatic rings. The highest BCUT2D eigenvalue weighted by molar-refractivity contribution is 7.16. The molecule has 0 amide bonds. The number of hydrogen-bond donors (Lipinski definition) is 0. The molecule has 3 aromatic rings. The van der Waals surface area contributed by atoms with Crippen LogP contribution in [0.25, 0.3) is 11.3 Å². The second-order valence-electron chi connectivity index (χ2n) is 8.14. The minimum Gasteiger partial charge on any atom is -0.462 e. The molecule has 7 heteroatoms. The van der Waals surface area contributed by atoms with E-state index < -0.39 is 0 Å². The Kier molecular flexibility index (Phi) is 7.95. The zero-order valence-corrected chi connectivity index (χ0v) is 20.4. The summed E-state index contributed by atoms with van der Waals surface area (Å²) in [6, 6.07) is 10.8. The van der Waals surface area contributed by atoms with Crippen molar-refractivity contribution in [1.29, 1.82) is 0 Å². The molecule has 0 fully saturated rings. The molecule has 0 spiro atoms. The number of thiophene rings is 1. The van der Waals surface area contributed by atoms with E-state index in [1.165, 1.54) is 4.88 Å². The number of unbranched alkanes of at least 4 members (excludes halogenated alkanes) is 1. The molecule has 1 aromatic carbocycles. The molecular formula is C27H29NO5S. The normalized spacial score (nSPS) is 13.1. The van der Waals surface area contributed by atoms with Crippen LogP contribution in [0.2, 0.25) is 0 Å². The average Bonchev–Trinajstić information content (AvgIpc) is 3.47. The second-order valence-corrected chi connectivity index (χ2v) is 9.22. The fourth-order valence-corrected chi connectivity index (χ4v) is 5.14. The Morgan fingerprint density at radius 3 is 2.59 bits per heavy atom. The molecule has 2 heterocycles. The van der Waals surface area contributed by atoms with Gasteiger partial charge in [0, 0.05) is 10.4 Å². The van der Waals surface area contributed by atoms with Crippen molar-refractivity contribution in [3.63, 3.8) is 0 Å². The van der Waals surface area contributed by atoms with Crippen LogP contribution in [0.4, 0.5) is 5.00 Å². The van der Waals surface area contributed by atoms with Crippen LogP contribution >= 0.6 is 11.3 Å². The van der Waals surface area contributed by atoms with Gasteiger partial charge in [-0.2, -0.15) is 0 Å². The lowest BCUT2D eigenvalue weighted by atomic mass is 9.95. The van der Waals surface area contributed by atoms with Gasteiger partial charge < -0.3 is 13.9 Å². The molecule has 0 bridgehead atoms. The maximum Gasteiger partial charge on any atom is 0.341 e. The van der Waals surface area contributed by atoms with Crippen LogP contribution in [0.3, 0.4) is 0 Å². The molecule has 0 saturated carbocycles. The Morgan fingerprint density at radius 2 is 1.82 bits per heavy atom. The molecule has 0 saturated heterocycles. The van der Waals surface area contributed by atoms with Gasteiger partial charge in [-0.15, -0.1) is 11.3 Å². The Bertz CT molecular complexity index is 1170. The van der Waals surface area contributed by atoms with E-state index in [2.05, 4.69) is 11.9 Å². The van der Waals surface area contributed by atoms with Gasteiger partial charge in [0.1, 0.15) is 16.5 Å². The standard InChI is InChI=1S/C27H29NO5S/c1-3-5-16-32-26(29)19-12-10-18(11-13-19)22-15-14-20(33-22)17-28-25-24(27(30)31-4-2)21-8-6-7-9-23(21)34-25/h10-15,17H,3-9,16H2,1-2H3. The first-order valence-corrected chi connectivity index (χ1v) is 12.7. The molecular weight excluding hydrogens is 450 g/mol. The van der Waals surface area contributed by atoms with Crippen molar-refractivity contribution in [2.75, 3.05) is 13.2 Å². The number of rotatable bonds is 9. The molecule has 1 aliphatic carbocycles. The van der Waals surface area contributed by atoms with Gasteiger partial charge in [-0.25, -0.2) is 14.6 Å². The number of nitrogens with zero attached hydrogens (tertiary/aromatic N) is 1. The summed E-state index contributed by atoms with van der Waals surface area (Å²) < 4.78 is 16.5. The third-order valence-electron chi connectivity index (χ3n) is 5.70. The van der Waals surface area contributed by atoms with Gasteiger partial charge >= 0.3 is 11.9 Å². The van der Waals surface area contributed by atoms with E-state index in [4.69, 9.17) is 13.9 Å². The molecule has 4 rings (SSSR count). The van der Waals surface area contributed by atoms with Crippen LogP contribution in [0, 0.1) is 0 Å².